The highest BCUT2D eigenvalue weighted by Crippen LogP contribution is 2.39. The average Bonchev–Trinajstić information content (AvgIpc) is 2.60. The van der Waals surface area contributed by atoms with Crippen molar-refractivity contribution >= 4 is 27.9 Å². The molecule has 0 bridgehead atoms. The zero-order valence-corrected chi connectivity index (χ0v) is 16.9. The maximum Gasteiger partial charge on any atom is 0.338 e. The van der Waals surface area contributed by atoms with E-state index in [1.165, 1.54) is 7.11 Å². The number of esters is 1. The maximum absolute atomic E-state index is 12.6. The summed E-state index contributed by atoms with van der Waals surface area (Å²) in [6.45, 7) is 4.01. The Morgan fingerprint density at radius 1 is 1.23 bits per heavy atom. The van der Waals surface area contributed by atoms with Gasteiger partial charge >= 0.3 is 12.0 Å². The summed E-state index contributed by atoms with van der Waals surface area (Å²) in [6, 6.07) is 2.35. The minimum absolute atomic E-state index is 0.327. The van der Waals surface area contributed by atoms with E-state index in [4.69, 9.17) is 14.2 Å². The summed E-state index contributed by atoms with van der Waals surface area (Å²) >= 11 is 3.41. The molecule has 0 unspecified atom stereocenters. The van der Waals surface area contributed by atoms with E-state index < -0.39 is 18.0 Å². The van der Waals surface area contributed by atoms with Gasteiger partial charge in [-0.3, -0.25) is 0 Å². The molecule has 8 heteroatoms. The second kappa shape index (κ2) is 8.93. The van der Waals surface area contributed by atoms with Gasteiger partial charge in [0.15, 0.2) is 0 Å². The molecular formula is C18H23BrN2O5. The Morgan fingerprint density at radius 3 is 2.54 bits per heavy atom. The first-order valence-corrected chi connectivity index (χ1v) is 9.09. The summed E-state index contributed by atoms with van der Waals surface area (Å²) in [4.78, 5) is 24.7. The Hall–Kier alpha value is -2.22. The molecule has 1 atom stereocenters. The topological polar surface area (TPSA) is 85.9 Å². The average molecular weight is 427 g/mol. The molecule has 1 aromatic rings. The SMILES string of the molecule is CCCCOC(=O)C1=C(C)NC(=O)N[C@H]1c1cc(OC)c(Br)cc1OC. The molecule has 2 N–H and O–H groups in total. The Kier molecular flexibility index (Phi) is 6.90. The van der Waals surface area contributed by atoms with Gasteiger partial charge in [-0.15, -0.1) is 0 Å². The number of rotatable bonds is 7. The molecule has 142 valence electrons. The third-order valence-corrected chi connectivity index (χ3v) is 4.65. The lowest BCUT2D eigenvalue weighted by atomic mass is 9.94. The standard InChI is InChI=1S/C18H23BrN2O5/c1-5-6-7-26-17(22)15-10(2)20-18(23)21-16(15)11-8-14(25-4)12(19)9-13(11)24-3/h8-9,16H,5-7H2,1-4H3,(H2,20,21,23)/t16-/m0/s1. The summed E-state index contributed by atoms with van der Waals surface area (Å²) in [5.41, 5.74) is 1.39. The molecule has 1 aliphatic heterocycles. The molecule has 0 aliphatic carbocycles. The van der Waals surface area contributed by atoms with Gasteiger partial charge in [-0.25, -0.2) is 9.59 Å². The maximum atomic E-state index is 12.6. The van der Waals surface area contributed by atoms with Gasteiger partial charge in [-0.2, -0.15) is 0 Å². The van der Waals surface area contributed by atoms with Crippen molar-refractivity contribution in [3.05, 3.63) is 33.4 Å². The summed E-state index contributed by atoms with van der Waals surface area (Å²) in [5, 5.41) is 5.40. The van der Waals surface area contributed by atoms with Crippen LogP contribution in [0.4, 0.5) is 4.79 Å². The van der Waals surface area contributed by atoms with Crippen molar-refractivity contribution < 1.29 is 23.8 Å². The molecule has 0 fully saturated rings. The highest BCUT2D eigenvalue weighted by Gasteiger charge is 2.34. The first-order chi connectivity index (χ1) is 12.4. The normalized spacial score (nSPS) is 16.7. The largest absolute Gasteiger partial charge is 0.496 e. The van der Waals surface area contributed by atoms with Crippen molar-refractivity contribution in [1.29, 1.82) is 0 Å². The van der Waals surface area contributed by atoms with Gasteiger partial charge in [0.1, 0.15) is 11.5 Å². The van der Waals surface area contributed by atoms with E-state index >= 15 is 0 Å². The number of urea groups is 1. The van der Waals surface area contributed by atoms with Crippen LogP contribution in [0.5, 0.6) is 11.5 Å². The van der Waals surface area contributed by atoms with Crippen LogP contribution in [0.1, 0.15) is 38.3 Å². The van der Waals surface area contributed by atoms with Gasteiger partial charge < -0.3 is 24.8 Å². The molecule has 0 saturated heterocycles. The molecule has 1 aliphatic rings. The molecule has 0 spiro atoms. The fraction of sp³-hybridized carbons (Fsp3) is 0.444. The first kappa shape index (κ1) is 20.1. The zero-order valence-electron chi connectivity index (χ0n) is 15.3. The van der Waals surface area contributed by atoms with Crippen LogP contribution in [0, 0.1) is 0 Å². The number of carbonyl (C=O) groups excluding carboxylic acids is 2. The molecule has 1 aromatic carbocycles. The van der Waals surface area contributed by atoms with Crippen molar-refractivity contribution in [2.45, 2.75) is 32.7 Å². The van der Waals surface area contributed by atoms with Crippen LogP contribution in [-0.2, 0) is 9.53 Å². The smallest absolute Gasteiger partial charge is 0.338 e. The lowest BCUT2D eigenvalue weighted by Crippen LogP contribution is -2.45. The van der Waals surface area contributed by atoms with Crippen molar-refractivity contribution in [1.82, 2.24) is 10.6 Å². The number of methoxy groups -OCH3 is 2. The van der Waals surface area contributed by atoms with E-state index in [1.807, 2.05) is 6.92 Å². The third kappa shape index (κ3) is 4.30. The quantitative estimate of drug-likeness (QED) is 0.515. The van der Waals surface area contributed by atoms with E-state index in [9.17, 15) is 9.59 Å². The first-order valence-electron chi connectivity index (χ1n) is 8.29. The van der Waals surface area contributed by atoms with E-state index in [-0.39, 0.29) is 0 Å². The summed E-state index contributed by atoms with van der Waals surface area (Å²) in [5.74, 6) is 0.596. The monoisotopic (exact) mass is 426 g/mol. The predicted molar refractivity (Wildman–Crippen MR) is 100 cm³/mol. The van der Waals surface area contributed by atoms with Crippen LogP contribution >= 0.6 is 15.9 Å². The van der Waals surface area contributed by atoms with Crippen molar-refractivity contribution in [3.8, 4) is 11.5 Å². The van der Waals surface area contributed by atoms with Gasteiger partial charge in [0.25, 0.3) is 0 Å². The van der Waals surface area contributed by atoms with Crippen molar-refractivity contribution in [2.75, 3.05) is 20.8 Å². The van der Waals surface area contributed by atoms with E-state index in [0.29, 0.717) is 39.4 Å². The van der Waals surface area contributed by atoms with Gasteiger partial charge in [-0.1, -0.05) is 13.3 Å². The number of hydrogen-bond donors (Lipinski definition) is 2. The number of benzene rings is 1. The Morgan fingerprint density at radius 2 is 1.92 bits per heavy atom. The third-order valence-electron chi connectivity index (χ3n) is 4.04. The van der Waals surface area contributed by atoms with Crippen LogP contribution in [0.3, 0.4) is 0 Å². The van der Waals surface area contributed by atoms with E-state index in [0.717, 1.165) is 12.8 Å². The minimum Gasteiger partial charge on any atom is -0.496 e. The van der Waals surface area contributed by atoms with E-state index in [2.05, 4.69) is 26.6 Å². The van der Waals surface area contributed by atoms with Crippen LogP contribution < -0.4 is 20.1 Å². The molecule has 0 radical (unpaired) electrons. The number of nitrogens with one attached hydrogen (secondary N) is 2. The molecule has 2 rings (SSSR count). The summed E-state index contributed by atoms with van der Waals surface area (Å²) < 4.78 is 16.9. The molecule has 0 aromatic heterocycles. The molecule has 7 nitrogen and oxygen atoms in total. The van der Waals surface area contributed by atoms with Gasteiger partial charge in [0.05, 0.1) is 36.9 Å². The molecule has 1 heterocycles. The van der Waals surface area contributed by atoms with Gasteiger partial charge in [0, 0.05) is 11.3 Å². The second-order valence-electron chi connectivity index (χ2n) is 5.79. The number of halogens is 1. The van der Waals surface area contributed by atoms with Crippen LogP contribution in [0.25, 0.3) is 0 Å². The Bertz CT molecular complexity index is 733. The fourth-order valence-electron chi connectivity index (χ4n) is 2.69. The lowest BCUT2D eigenvalue weighted by Gasteiger charge is -2.29. The number of carbonyl (C=O) groups is 2. The van der Waals surface area contributed by atoms with E-state index in [1.54, 1.807) is 26.2 Å². The summed E-state index contributed by atoms with van der Waals surface area (Å²) in [6.07, 6.45) is 1.69. The van der Waals surface area contributed by atoms with Crippen LogP contribution in [0.15, 0.2) is 27.9 Å². The number of ether oxygens (including phenoxy) is 3. The number of unbranched alkanes of at least 4 members (excludes halogenated alkanes) is 1. The number of amides is 2. The van der Waals surface area contributed by atoms with Crippen LogP contribution in [-0.4, -0.2) is 32.8 Å². The second-order valence-corrected chi connectivity index (χ2v) is 6.64. The fourth-order valence-corrected chi connectivity index (χ4v) is 3.18. The minimum atomic E-state index is -0.713. The van der Waals surface area contributed by atoms with Crippen LogP contribution in [0.2, 0.25) is 0 Å². The zero-order chi connectivity index (χ0) is 19.3. The van der Waals surface area contributed by atoms with Gasteiger partial charge in [0.2, 0.25) is 0 Å². The predicted octanol–water partition coefficient (Wildman–Crippen LogP) is 3.44. The molecule has 0 saturated carbocycles. The number of hydrogen-bond acceptors (Lipinski definition) is 5. The molecule has 2 amide bonds. The number of allylic oxidation sites excluding steroid dienone is 1. The molecule has 26 heavy (non-hydrogen) atoms. The molecular weight excluding hydrogens is 404 g/mol. The highest BCUT2D eigenvalue weighted by molar-refractivity contribution is 9.10. The lowest BCUT2D eigenvalue weighted by molar-refractivity contribution is -0.139. The summed E-state index contributed by atoms with van der Waals surface area (Å²) in [7, 11) is 3.06. The van der Waals surface area contributed by atoms with Crippen molar-refractivity contribution in [3.63, 3.8) is 0 Å². The Balaban J connectivity index is 2.49. The highest BCUT2D eigenvalue weighted by atomic mass is 79.9. The van der Waals surface area contributed by atoms with Gasteiger partial charge in [-0.05, 0) is 41.4 Å². The van der Waals surface area contributed by atoms with Crippen molar-refractivity contribution in [2.24, 2.45) is 0 Å². The Labute approximate surface area is 161 Å².